The number of carbonyl (C=O) groups is 2. The number of anilines is 1. The molecule has 0 aromatic heterocycles. The van der Waals surface area contributed by atoms with Crippen LogP contribution < -0.4 is 14.4 Å². The highest BCUT2D eigenvalue weighted by Gasteiger charge is 2.33. The average molecular weight is 552 g/mol. The highest BCUT2D eigenvalue weighted by molar-refractivity contribution is 7.92. The van der Waals surface area contributed by atoms with Crippen LogP contribution in [0.4, 0.5) is 5.69 Å². The van der Waals surface area contributed by atoms with Crippen molar-refractivity contribution in [2.24, 2.45) is 0 Å². The van der Waals surface area contributed by atoms with E-state index in [1.165, 1.54) is 17.0 Å². The van der Waals surface area contributed by atoms with Gasteiger partial charge in [-0.3, -0.25) is 13.9 Å². The van der Waals surface area contributed by atoms with E-state index in [-0.39, 0.29) is 23.0 Å². The Morgan fingerprint density at radius 2 is 1.51 bits per heavy atom. The van der Waals surface area contributed by atoms with Crippen molar-refractivity contribution in [3.05, 3.63) is 90.5 Å². The maximum atomic E-state index is 13.9. The Bertz CT molecular complexity index is 1320. The zero-order valence-corrected chi connectivity index (χ0v) is 23.6. The van der Waals surface area contributed by atoms with Crippen molar-refractivity contribution in [2.45, 2.75) is 44.6 Å². The summed E-state index contributed by atoms with van der Waals surface area (Å²) in [6.07, 6.45) is 1.27. The number of nitrogens with zero attached hydrogens (tertiary/aromatic N) is 2. The second kappa shape index (κ2) is 14.3. The summed E-state index contributed by atoms with van der Waals surface area (Å²) in [7, 11) is -4.15. The molecule has 0 fully saturated rings. The summed E-state index contributed by atoms with van der Waals surface area (Å²) in [5.74, 6) is -0.432. The lowest BCUT2D eigenvalue weighted by Gasteiger charge is -2.32. The number of ether oxygens (including phenoxy) is 1. The number of benzene rings is 3. The third kappa shape index (κ3) is 7.83. The molecule has 0 heterocycles. The van der Waals surface area contributed by atoms with Crippen LogP contribution in [0.2, 0.25) is 0 Å². The maximum absolute atomic E-state index is 13.9. The first kappa shape index (κ1) is 29.7. The first-order valence-corrected chi connectivity index (χ1v) is 14.6. The number of carbonyl (C=O) groups excluding carboxylic acids is 2. The number of amides is 2. The molecule has 0 radical (unpaired) electrons. The van der Waals surface area contributed by atoms with E-state index in [9.17, 15) is 18.0 Å². The largest absolute Gasteiger partial charge is 0.492 e. The Hall–Kier alpha value is -3.85. The van der Waals surface area contributed by atoms with E-state index in [0.29, 0.717) is 25.3 Å². The van der Waals surface area contributed by atoms with Gasteiger partial charge in [0, 0.05) is 13.1 Å². The van der Waals surface area contributed by atoms with E-state index in [2.05, 4.69) is 5.32 Å². The fourth-order valence-electron chi connectivity index (χ4n) is 4.14. The second-order valence-corrected chi connectivity index (χ2v) is 10.9. The van der Waals surface area contributed by atoms with E-state index in [4.69, 9.17) is 4.74 Å². The molecule has 0 saturated heterocycles. The van der Waals surface area contributed by atoms with Crippen molar-refractivity contribution in [2.75, 3.05) is 30.5 Å². The van der Waals surface area contributed by atoms with Gasteiger partial charge in [-0.15, -0.1) is 0 Å². The van der Waals surface area contributed by atoms with Crippen molar-refractivity contribution in [1.29, 1.82) is 0 Å². The van der Waals surface area contributed by atoms with Gasteiger partial charge in [-0.05, 0) is 56.5 Å². The van der Waals surface area contributed by atoms with Gasteiger partial charge in [-0.1, -0.05) is 67.6 Å². The minimum atomic E-state index is -4.15. The standard InChI is InChI=1S/C30H37N3O5S/c1-4-21-31-30(35)24(3)32(22-20-25-14-8-6-9-15-25)29(34)23-33(27-18-12-13-19-28(27)38-5-2)39(36,37)26-16-10-7-11-17-26/h6-19,24H,4-5,20-23H2,1-3H3,(H,31,35). The zero-order chi connectivity index (χ0) is 28.3. The number of hydrogen-bond donors (Lipinski definition) is 1. The molecular weight excluding hydrogens is 514 g/mol. The molecule has 0 spiro atoms. The number of sulfonamides is 1. The molecule has 39 heavy (non-hydrogen) atoms. The van der Waals surface area contributed by atoms with Crippen LogP contribution >= 0.6 is 0 Å². The van der Waals surface area contributed by atoms with E-state index in [1.54, 1.807) is 56.3 Å². The Morgan fingerprint density at radius 3 is 2.15 bits per heavy atom. The maximum Gasteiger partial charge on any atom is 0.264 e. The Balaban J connectivity index is 2.00. The molecular formula is C30H37N3O5S. The molecule has 8 nitrogen and oxygen atoms in total. The quantitative estimate of drug-likeness (QED) is 0.323. The smallest absolute Gasteiger partial charge is 0.264 e. The lowest BCUT2D eigenvalue weighted by Crippen LogP contribution is -2.52. The van der Waals surface area contributed by atoms with Crippen molar-refractivity contribution in [1.82, 2.24) is 10.2 Å². The third-order valence-corrected chi connectivity index (χ3v) is 8.02. The van der Waals surface area contributed by atoms with Gasteiger partial charge in [-0.25, -0.2) is 8.42 Å². The monoisotopic (exact) mass is 551 g/mol. The normalized spacial score (nSPS) is 11.9. The molecule has 9 heteroatoms. The van der Waals surface area contributed by atoms with Crippen LogP contribution in [0, 0.1) is 0 Å². The molecule has 3 aromatic carbocycles. The minimum absolute atomic E-state index is 0.0497. The molecule has 0 aliphatic heterocycles. The van der Waals surface area contributed by atoms with Gasteiger partial charge in [0.2, 0.25) is 11.8 Å². The molecule has 208 valence electrons. The van der Waals surface area contributed by atoms with E-state index >= 15 is 0 Å². The van der Waals surface area contributed by atoms with Gasteiger partial charge < -0.3 is 15.0 Å². The number of hydrogen-bond acceptors (Lipinski definition) is 5. The lowest BCUT2D eigenvalue weighted by molar-refractivity contribution is -0.138. The van der Waals surface area contributed by atoms with Crippen molar-refractivity contribution >= 4 is 27.5 Å². The lowest BCUT2D eigenvalue weighted by atomic mass is 10.1. The molecule has 0 bridgehead atoms. The molecule has 0 aliphatic carbocycles. The van der Waals surface area contributed by atoms with Gasteiger partial charge in [0.05, 0.1) is 17.2 Å². The Morgan fingerprint density at radius 1 is 0.897 bits per heavy atom. The van der Waals surface area contributed by atoms with Crippen LogP contribution in [0.3, 0.4) is 0 Å². The molecule has 3 aromatic rings. The van der Waals surface area contributed by atoms with Gasteiger partial charge in [-0.2, -0.15) is 0 Å². The SMILES string of the molecule is CCCNC(=O)C(C)N(CCc1ccccc1)C(=O)CN(c1ccccc1OCC)S(=O)(=O)c1ccccc1. The fourth-order valence-corrected chi connectivity index (χ4v) is 5.59. The summed E-state index contributed by atoms with van der Waals surface area (Å²) in [6, 6.07) is 23.6. The molecule has 0 saturated carbocycles. The van der Waals surface area contributed by atoms with Crippen LogP contribution in [-0.2, 0) is 26.0 Å². The van der Waals surface area contributed by atoms with Crippen LogP contribution in [-0.4, -0.2) is 57.4 Å². The molecule has 2 amide bonds. The predicted octanol–water partition coefficient (Wildman–Crippen LogP) is 4.27. The average Bonchev–Trinajstić information content (AvgIpc) is 2.96. The highest BCUT2D eigenvalue weighted by Crippen LogP contribution is 2.32. The summed E-state index contributed by atoms with van der Waals surface area (Å²) >= 11 is 0. The minimum Gasteiger partial charge on any atom is -0.492 e. The van der Waals surface area contributed by atoms with Crippen LogP contribution in [0.25, 0.3) is 0 Å². The van der Waals surface area contributed by atoms with Crippen LogP contribution in [0.1, 0.15) is 32.8 Å². The Labute approximate surface area is 231 Å². The topological polar surface area (TPSA) is 96.0 Å². The van der Waals surface area contributed by atoms with Crippen molar-refractivity contribution < 1.29 is 22.7 Å². The van der Waals surface area contributed by atoms with Crippen molar-refractivity contribution in [3.8, 4) is 5.75 Å². The van der Waals surface area contributed by atoms with Gasteiger partial charge >= 0.3 is 0 Å². The van der Waals surface area contributed by atoms with Gasteiger partial charge in [0.15, 0.2) is 0 Å². The van der Waals surface area contributed by atoms with E-state index in [0.717, 1.165) is 16.3 Å². The van der Waals surface area contributed by atoms with E-state index in [1.807, 2.05) is 37.3 Å². The second-order valence-electron chi connectivity index (χ2n) is 9.02. The highest BCUT2D eigenvalue weighted by atomic mass is 32.2. The van der Waals surface area contributed by atoms with Crippen LogP contribution in [0.15, 0.2) is 89.8 Å². The molecule has 1 N–H and O–H groups in total. The molecule has 3 rings (SSSR count). The number of rotatable bonds is 14. The zero-order valence-electron chi connectivity index (χ0n) is 22.7. The van der Waals surface area contributed by atoms with Crippen LogP contribution in [0.5, 0.6) is 5.75 Å². The number of nitrogens with one attached hydrogen (secondary N) is 1. The van der Waals surface area contributed by atoms with Gasteiger partial charge in [0.1, 0.15) is 18.3 Å². The predicted molar refractivity (Wildman–Crippen MR) is 153 cm³/mol. The van der Waals surface area contributed by atoms with Crippen molar-refractivity contribution in [3.63, 3.8) is 0 Å². The first-order valence-electron chi connectivity index (χ1n) is 13.2. The van der Waals surface area contributed by atoms with Gasteiger partial charge in [0.25, 0.3) is 10.0 Å². The summed E-state index contributed by atoms with van der Waals surface area (Å²) in [6.45, 7) is 5.98. The molecule has 1 unspecified atom stereocenters. The first-order chi connectivity index (χ1) is 18.8. The Kier molecular flexibility index (Phi) is 10.9. The number of para-hydroxylation sites is 2. The molecule has 1 atom stereocenters. The summed E-state index contributed by atoms with van der Waals surface area (Å²) in [5.41, 5.74) is 1.26. The third-order valence-electron chi connectivity index (χ3n) is 6.24. The fraction of sp³-hybridized carbons (Fsp3) is 0.333. The van der Waals surface area contributed by atoms with E-state index < -0.39 is 28.5 Å². The molecule has 0 aliphatic rings. The summed E-state index contributed by atoms with van der Waals surface area (Å²) < 4.78 is 34.6. The summed E-state index contributed by atoms with van der Waals surface area (Å²) in [4.78, 5) is 28.3. The summed E-state index contributed by atoms with van der Waals surface area (Å²) in [5, 5.41) is 2.85.